The van der Waals surface area contributed by atoms with Crippen LogP contribution in [0.1, 0.15) is 24.0 Å². The molecule has 2 aliphatic rings. The first-order valence-corrected chi connectivity index (χ1v) is 7.66. The van der Waals surface area contributed by atoms with Crippen LogP contribution in [-0.2, 0) is 17.6 Å². The highest BCUT2D eigenvalue weighted by molar-refractivity contribution is 5.93. The molecule has 0 saturated carbocycles. The minimum Gasteiger partial charge on any atom is -0.326 e. The number of fused-ring (bicyclic) bond motifs is 1. The molecule has 2 N–H and O–H groups in total. The van der Waals surface area contributed by atoms with E-state index in [2.05, 4.69) is 33.7 Å². The normalized spacial score (nSPS) is 19.5. The predicted octanol–water partition coefficient (Wildman–Crippen LogP) is 1.41. The summed E-state index contributed by atoms with van der Waals surface area (Å²) in [5.74, 6) is 0.143. The lowest BCUT2D eigenvalue weighted by atomic mass is 9.98. The third-order valence-corrected chi connectivity index (χ3v) is 4.21. The van der Waals surface area contributed by atoms with Crippen LogP contribution in [0.4, 0.5) is 5.69 Å². The number of aryl methyl sites for hydroxylation is 2. The van der Waals surface area contributed by atoms with Crippen molar-refractivity contribution in [2.75, 3.05) is 38.0 Å². The second-order valence-electron chi connectivity index (χ2n) is 5.73. The van der Waals surface area contributed by atoms with Crippen LogP contribution >= 0.6 is 0 Å². The molecule has 108 valence electrons. The number of benzene rings is 1. The van der Waals surface area contributed by atoms with Gasteiger partial charge in [0.1, 0.15) is 0 Å². The Balaban J connectivity index is 1.51. The van der Waals surface area contributed by atoms with E-state index in [9.17, 15) is 4.79 Å². The van der Waals surface area contributed by atoms with Crippen molar-refractivity contribution >= 4 is 11.6 Å². The molecular formula is C16H23N3O. The molecule has 0 unspecified atom stereocenters. The molecule has 4 nitrogen and oxygen atoms in total. The van der Waals surface area contributed by atoms with Crippen LogP contribution in [0, 0.1) is 0 Å². The molecule has 1 saturated heterocycles. The van der Waals surface area contributed by atoms with Gasteiger partial charge in [0.15, 0.2) is 0 Å². The third-order valence-electron chi connectivity index (χ3n) is 4.21. The van der Waals surface area contributed by atoms with Gasteiger partial charge in [-0.3, -0.25) is 4.79 Å². The van der Waals surface area contributed by atoms with E-state index in [-0.39, 0.29) is 5.91 Å². The van der Waals surface area contributed by atoms with E-state index >= 15 is 0 Å². The van der Waals surface area contributed by atoms with E-state index in [1.54, 1.807) is 0 Å². The third kappa shape index (κ3) is 3.38. The van der Waals surface area contributed by atoms with Crippen LogP contribution in [0.25, 0.3) is 0 Å². The van der Waals surface area contributed by atoms with Crippen molar-refractivity contribution in [2.45, 2.75) is 25.7 Å². The zero-order valence-electron chi connectivity index (χ0n) is 12.0. The average molecular weight is 273 g/mol. The molecule has 0 spiro atoms. The van der Waals surface area contributed by atoms with Crippen LogP contribution in [-0.4, -0.2) is 43.5 Å². The first-order chi connectivity index (χ1) is 9.81. The van der Waals surface area contributed by atoms with E-state index in [4.69, 9.17) is 0 Å². The number of rotatable bonds is 4. The van der Waals surface area contributed by atoms with Crippen LogP contribution in [0.3, 0.4) is 0 Å². The van der Waals surface area contributed by atoms with Crippen LogP contribution in [0.15, 0.2) is 18.2 Å². The maximum Gasteiger partial charge on any atom is 0.224 e. The summed E-state index contributed by atoms with van der Waals surface area (Å²) in [5.41, 5.74) is 3.70. The Kier molecular flexibility index (Phi) is 4.33. The lowest BCUT2D eigenvalue weighted by Gasteiger charge is -2.27. The number of hydrogen-bond acceptors (Lipinski definition) is 3. The lowest BCUT2D eigenvalue weighted by molar-refractivity contribution is -0.116. The Bertz CT molecular complexity index is 481. The number of anilines is 1. The molecule has 0 bridgehead atoms. The number of nitrogens with one attached hydrogen (secondary N) is 2. The fraction of sp³-hybridized carbons (Fsp3) is 0.562. The summed E-state index contributed by atoms with van der Waals surface area (Å²) >= 11 is 0. The predicted molar refractivity (Wildman–Crippen MR) is 81.0 cm³/mol. The Morgan fingerprint density at radius 3 is 2.85 bits per heavy atom. The summed E-state index contributed by atoms with van der Waals surface area (Å²) < 4.78 is 0. The Labute approximate surface area is 120 Å². The first kappa shape index (κ1) is 13.6. The lowest BCUT2D eigenvalue weighted by Crippen LogP contribution is -2.43. The molecule has 2 aliphatic heterocycles. The number of carbonyl (C=O) groups is 1. The van der Waals surface area contributed by atoms with E-state index in [0.29, 0.717) is 6.42 Å². The second kappa shape index (κ2) is 6.37. The molecule has 4 heteroatoms. The van der Waals surface area contributed by atoms with E-state index in [1.807, 2.05) is 0 Å². The molecule has 1 amide bonds. The number of hydrogen-bond donors (Lipinski definition) is 2. The summed E-state index contributed by atoms with van der Waals surface area (Å²) in [6.07, 6.45) is 3.85. The summed E-state index contributed by atoms with van der Waals surface area (Å²) in [7, 11) is 0. The average Bonchev–Trinajstić information content (AvgIpc) is 2.48. The summed E-state index contributed by atoms with van der Waals surface area (Å²) in [6, 6.07) is 6.49. The van der Waals surface area contributed by atoms with Crippen molar-refractivity contribution in [1.82, 2.24) is 10.2 Å². The van der Waals surface area contributed by atoms with Crippen LogP contribution in [0.5, 0.6) is 0 Å². The van der Waals surface area contributed by atoms with Gasteiger partial charge in [0.2, 0.25) is 5.91 Å². The molecular weight excluding hydrogens is 250 g/mol. The smallest absolute Gasteiger partial charge is 0.224 e. The minimum absolute atomic E-state index is 0.143. The standard InChI is InChI=1S/C16H23N3O/c20-16-6-4-14-12-13(3-5-15(14)18-16)2-1-9-19-10-7-17-8-11-19/h3,5,12,17H,1-2,4,6-11H2,(H,18,20). The van der Waals surface area contributed by atoms with Gasteiger partial charge >= 0.3 is 0 Å². The molecule has 0 aliphatic carbocycles. The van der Waals surface area contributed by atoms with Gasteiger partial charge in [-0.25, -0.2) is 0 Å². The van der Waals surface area contributed by atoms with Crippen LogP contribution < -0.4 is 10.6 Å². The zero-order valence-corrected chi connectivity index (χ0v) is 12.0. The molecule has 0 atom stereocenters. The topological polar surface area (TPSA) is 44.4 Å². The molecule has 1 aromatic carbocycles. The quantitative estimate of drug-likeness (QED) is 0.872. The van der Waals surface area contributed by atoms with Gasteiger partial charge in [-0.2, -0.15) is 0 Å². The maximum absolute atomic E-state index is 11.3. The van der Waals surface area contributed by atoms with Gasteiger partial charge < -0.3 is 15.5 Å². The van der Waals surface area contributed by atoms with Crippen molar-refractivity contribution in [3.63, 3.8) is 0 Å². The Hall–Kier alpha value is -1.39. The number of carbonyl (C=O) groups excluding carboxylic acids is 1. The van der Waals surface area contributed by atoms with Gasteiger partial charge in [-0.15, -0.1) is 0 Å². The summed E-state index contributed by atoms with van der Waals surface area (Å²) in [5, 5.41) is 6.33. The van der Waals surface area contributed by atoms with Crippen LogP contribution in [0.2, 0.25) is 0 Å². The zero-order chi connectivity index (χ0) is 13.8. The molecule has 1 fully saturated rings. The highest BCUT2D eigenvalue weighted by Gasteiger charge is 2.14. The number of nitrogens with zero attached hydrogens (tertiary/aromatic N) is 1. The van der Waals surface area contributed by atoms with Crippen molar-refractivity contribution in [3.8, 4) is 0 Å². The van der Waals surface area contributed by atoms with E-state index in [1.165, 1.54) is 37.2 Å². The van der Waals surface area contributed by atoms with Gasteiger partial charge in [0.25, 0.3) is 0 Å². The monoisotopic (exact) mass is 273 g/mol. The molecule has 0 aromatic heterocycles. The first-order valence-electron chi connectivity index (χ1n) is 7.66. The van der Waals surface area contributed by atoms with Gasteiger partial charge in [0, 0.05) is 38.3 Å². The second-order valence-corrected chi connectivity index (χ2v) is 5.73. The van der Waals surface area contributed by atoms with Crippen molar-refractivity contribution < 1.29 is 4.79 Å². The Morgan fingerprint density at radius 1 is 1.15 bits per heavy atom. The molecule has 2 heterocycles. The fourth-order valence-electron chi connectivity index (χ4n) is 3.03. The maximum atomic E-state index is 11.3. The van der Waals surface area contributed by atoms with Gasteiger partial charge in [0.05, 0.1) is 0 Å². The highest BCUT2D eigenvalue weighted by atomic mass is 16.1. The molecule has 0 radical (unpaired) electrons. The molecule has 1 aromatic rings. The summed E-state index contributed by atoms with van der Waals surface area (Å²) in [4.78, 5) is 13.9. The Morgan fingerprint density at radius 2 is 2.00 bits per heavy atom. The van der Waals surface area contributed by atoms with Crippen molar-refractivity contribution in [3.05, 3.63) is 29.3 Å². The van der Waals surface area contributed by atoms with Crippen molar-refractivity contribution in [1.29, 1.82) is 0 Å². The minimum atomic E-state index is 0.143. The number of amides is 1. The largest absolute Gasteiger partial charge is 0.326 e. The van der Waals surface area contributed by atoms with E-state index in [0.717, 1.165) is 31.6 Å². The van der Waals surface area contributed by atoms with Gasteiger partial charge in [-0.05, 0) is 43.0 Å². The van der Waals surface area contributed by atoms with Gasteiger partial charge in [-0.1, -0.05) is 12.1 Å². The fourth-order valence-corrected chi connectivity index (χ4v) is 3.03. The van der Waals surface area contributed by atoms with E-state index < -0.39 is 0 Å². The number of piperazine rings is 1. The summed E-state index contributed by atoms with van der Waals surface area (Å²) in [6.45, 7) is 5.79. The SMILES string of the molecule is O=C1CCc2cc(CCCN3CCNCC3)ccc2N1. The molecule has 3 rings (SSSR count). The highest BCUT2D eigenvalue weighted by Crippen LogP contribution is 2.24. The van der Waals surface area contributed by atoms with Crippen molar-refractivity contribution in [2.24, 2.45) is 0 Å². The molecule has 20 heavy (non-hydrogen) atoms.